The summed E-state index contributed by atoms with van der Waals surface area (Å²) in [5.74, 6) is 0.466. The number of para-hydroxylation sites is 1. The number of rotatable bonds is 6. The van der Waals surface area contributed by atoms with Gasteiger partial charge in [-0.1, -0.05) is 35.2 Å². The van der Waals surface area contributed by atoms with Crippen molar-refractivity contribution in [2.45, 2.75) is 44.5 Å². The smallest absolute Gasteiger partial charge is 0.217 e. The van der Waals surface area contributed by atoms with Crippen LogP contribution in [0.15, 0.2) is 35.5 Å². The Hall–Kier alpha value is -2.16. The lowest BCUT2D eigenvalue weighted by Gasteiger charge is -2.14. The largest absolute Gasteiger partial charge is 0.376 e. The number of thioether (sulfide) groups is 1. The second kappa shape index (κ2) is 7.59. The zero-order valence-electron chi connectivity index (χ0n) is 16.4. The Kier molecular flexibility index (Phi) is 4.93. The van der Waals surface area contributed by atoms with E-state index < -0.39 is 0 Å². The van der Waals surface area contributed by atoms with Crippen LogP contribution in [0, 0.1) is 13.8 Å². The molecule has 6 nitrogen and oxygen atoms in total. The fourth-order valence-corrected chi connectivity index (χ4v) is 5.86. The summed E-state index contributed by atoms with van der Waals surface area (Å²) in [6.07, 6.45) is 2.47. The number of carbonyl (C=O) groups excluding carboxylic acids is 1. The Morgan fingerprint density at radius 1 is 1.31 bits per heavy atom. The van der Waals surface area contributed by atoms with Gasteiger partial charge < -0.3 is 9.30 Å². The molecule has 0 N–H and O–H groups in total. The highest BCUT2D eigenvalue weighted by Gasteiger charge is 2.22. The first-order chi connectivity index (χ1) is 14.1. The maximum absolute atomic E-state index is 13.0. The summed E-state index contributed by atoms with van der Waals surface area (Å²) < 4.78 is 11.2. The number of fused-ring (bicyclic) bond motifs is 3. The average molecular weight is 427 g/mol. The zero-order valence-corrected chi connectivity index (χ0v) is 18.1. The van der Waals surface area contributed by atoms with E-state index in [0.717, 1.165) is 58.6 Å². The molecule has 0 bridgehead atoms. The van der Waals surface area contributed by atoms with E-state index in [9.17, 15) is 4.79 Å². The van der Waals surface area contributed by atoms with Crippen LogP contribution in [-0.4, -0.2) is 43.4 Å². The number of ketones is 1. The van der Waals surface area contributed by atoms with Gasteiger partial charge in [0.05, 0.1) is 22.1 Å². The Labute approximate surface area is 176 Å². The van der Waals surface area contributed by atoms with Crippen LogP contribution in [0.5, 0.6) is 0 Å². The predicted molar refractivity (Wildman–Crippen MR) is 116 cm³/mol. The summed E-state index contributed by atoms with van der Waals surface area (Å²) in [7, 11) is 0. The first-order valence-corrected chi connectivity index (χ1v) is 11.6. The third kappa shape index (κ3) is 3.39. The minimum atomic E-state index is 0.123. The van der Waals surface area contributed by atoms with Crippen molar-refractivity contribution in [2.75, 3.05) is 12.4 Å². The quantitative estimate of drug-likeness (QED) is 0.335. The van der Waals surface area contributed by atoms with Crippen molar-refractivity contribution in [1.82, 2.24) is 19.2 Å². The lowest BCUT2D eigenvalue weighted by atomic mass is 10.2. The number of thiazole rings is 1. The second-order valence-corrected chi connectivity index (χ2v) is 9.36. The average Bonchev–Trinajstić information content (AvgIpc) is 3.48. The van der Waals surface area contributed by atoms with E-state index in [1.54, 1.807) is 11.3 Å². The van der Waals surface area contributed by atoms with Crippen LogP contribution in [0.2, 0.25) is 0 Å². The van der Waals surface area contributed by atoms with Crippen LogP contribution >= 0.6 is 23.1 Å². The van der Waals surface area contributed by atoms with Crippen LogP contribution < -0.4 is 0 Å². The fraction of sp³-hybridized carbons (Fsp3) is 0.381. The van der Waals surface area contributed by atoms with Gasteiger partial charge in [0.2, 0.25) is 4.96 Å². The van der Waals surface area contributed by atoms with E-state index in [2.05, 4.69) is 33.8 Å². The van der Waals surface area contributed by atoms with Gasteiger partial charge in [-0.15, -0.1) is 10.2 Å². The number of benzene rings is 1. The lowest BCUT2D eigenvalue weighted by molar-refractivity contribution is 0.0957. The maximum atomic E-state index is 13.0. The normalized spacial score (nSPS) is 17.0. The van der Waals surface area contributed by atoms with Crippen molar-refractivity contribution in [2.24, 2.45) is 0 Å². The summed E-state index contributed by atoms with van der Waals surface area (Å²) >= 11 is 3.06. The third-order valence-electron chi connectivity index (χ3n) is 5.53. The minimum Gasteiger partial charge on any atom is -0.376 e. The van der Waals surface area contributed by atoms with Crippen LogP contribution in [-0.2, 0) is 11.3 Å². The first kappa shape index (κ1) is 18.8. The molecule has 0 radical (unpaired) electrons. The molecule has 0 spiro atoms. The topological polar surface area (TPSA) is 61.4 Å². The molecule has 0 aliphatic carbocycles. The molecule has 1 unspecified atom stereocenters. The van der Waals surface area contributed by atoms with Gasteiger partial charge in [-0.25, -0.2) is 0 Å². The Bertz CT molecular complexity index is 1200. The van der Waals surface area contributed by atoms with Gasteiger partial charge in [0.15, 0.2) is 10.9 Å². The van der Waals surface area contributed by atoms with Crippen molar-refractivity contribution in [3.8, 4) is 0 Å². The number of aryl methyl sites for hydroxylation is 1. The first-order valence-electron chi connectivity index (χ1n) is 9.79. The number of ether oxygens (including phenoxy) is 1. The lowest BCUT2D eigenvalue weighted by Crippen LogP contribution is -2.17. The van der Waals surface area contributed by atoms with E-state index in [1.165, 1.54) is 16.5 Å². The van der Waals surface area contributed by atoms with Gasteiger partial charge in [0, 0.05) is 30.1 Å². The van der Waals surface area contributed by atoms with Crippen LogP contribution in [0.1, 0.15) is 34.6 Å². The molecule has 1 fully saturated rings. The number of aromatic nitrogens is 4. The van der Waals surface area contributed by atoms with Crippen molar-refractivity contribution >= 4 is 44.1 Å². The van der Waals surface area contributed by atoms with E-state index in [4.69, 9.17) is 4.74 Å². The summed E-state index contributed by atoms with van der Waals surface area (Å²) in [5, 5.41) is 9.34. The molecular formula is C21H22N4O2S2. The second-order valence-electron chi connectivity index (χ2n) is 7.41. The van der Waals surface area contributed by atoms with E-state index >= 15 is 0 Å². The number of carbonyl (C=O) groups is 1. The van der Waals surface area contributed by atoms with Gasteiger partial charge in [0.1, 0.15) is 0 Å². The van der Waals surface area contributed by atoms with Crippen molar-refractivity contribution in [3.05, 3.63) is 47.3 Å². The molecule has 4 aromatic rings. The summed E-state index contributed by atoms with van der Waals surface area (Å²) in [4.78, 5) is 13.8. The Morgan fingerprint density at radius 2 is 2.17 bits per heavy atom. The molecule has 8 heteroatoms. The molecular weight excluding hydrogens is 404 g/mol. The molecule has 29 heavy (non-hydrogen) atoms. The molecule has 3 aromatic heterocycles. The molecule has 1 aromatic carbocycles. The minimum absolute atomic E-state index is 0.123. The molecule has 0 saturated carbocycles. The van der Waals surface area contributed by atoms with Gasteiger partial charge in [-0.3, -0.25) is 9.20 Å². The Morgan fingerprint density at radius 3 is 3.00 bits per heavy atom. The summed E-state index contributed by atoms with van der Waals surface area (Å²) in [5.41, 5.74) is 4.02. The predicted octanol–water partition coefficient (Wildman–Crippen LogP) is 4.52. The van der Waals surface area contributed by atoms with Crippen LogP contribution in [0.25, 0.3) is 15.2 Å². The fourth-order valence-electron chi connectivity index (χ4n) is 4.01. The van der Waals surface area contributed by atoms with E-state index in [0.29, 0.717) is 5.75 Å². The van der Waals surface area contributed by atoms with Crippen molar-refractivity contribution in [3.63, 3.8) is 0 Å². The summed E-state index contributed by atoms with van der Waals surface area (Å²) in [6, 6.07) is 10.2. The van der Waals surface area contributed by atoms with Gasteiger partial charge in [-0.05, 0) is 44.9 Å². The summed E-state index contributed by atoms with van der Waals surface area (Å²) in [6.45, 7) is 5.76. The Balaban J connectivity index is 1.35. The maximum Gasteiger partial charge on any atom is 0.217 e. The monoisotopic (exact) mass is 426 g/mol. The van der Waals surface area contributed by atoms with E-state index in [-0.39, 0.29) is 11.9 Å². The molecule has 1 aliphatic heterocycles. The number of hydrogen-bond donors (Lipinski definition) is 0. The molecule has 1 atom stereocenters. The number of nitrogens with zero attached hydrogens (tertiary/aromatic N) is 4. The molecule has 1 saturated heterocycles. The SMILES string of the molecule is Cc1cc(C(=O)CSc2nnc3sc4ccccc4n23)c(C)n1CC1CCCO1. The van der Waals surface area contributed by atoms with Gasteiger partial charge in [0.25, 0.3) is 0 Å². The molecule has 5 rings (SSSR count). The highest BCUT2D eigenvalue weighted by Crippen LogP contribution is 2.30. The van der Waals surface area contributed by atoms with Crippen LogP contribution in [0.4, 0.5) is 0 Å². The number of Topliss-reactive ketones (excluding diaryl/α,β-unsaturated/α-hetero) is 1. The number of hydrogen-bond acceptors (Lipinski definition) is 6. The highest BCUT2D eigenvalue weighted by molar-refractivity contribution is 7.99. The molecule has 150 valence electrons. The molecule has 4 heterocycles. The molecule has 0 amide bonds. The van der Waals surface area contributed by atoms with Crippen molar-refractivity contribution < 1.29 is 9.53 Å². The standard InChI is InChI=1S/C21H22N4O2S2/c1-13-10-16(14(2)24(13)11-15-6-5-9-27-15)18(26)12-28-20-22-23-21-25(20)17-7-3-4-8-19(17)29-21/h3-4,7-8,10,15H,5-6,9,11-12H2,1-2H3. The highest BCUT2D eigenvalue weighted by atomic mass is 32.2. The van der Waals surface area contributed by atoms with Gasteiger partial charge in [-0.2, -0.15) is 0 Å². The third-order valence-corrected chi connectivity index (χ3v) is 7.47. The van der Waals surface area contributed by atoms with Gasteiger partial charge >= 0.3 is 0 Å². The van der Waals surface area contributed by atoms with E-state index in [1.807, 2.05) is 29.5 Å². The zero-order chi connectivity index (χ0) is 20.0. The molecule has 1 aliphatic rings. The van der Waals surface area contributed by atoms with Crippen molar-refractivity contribution in [1.29, 1.82) is 0 Å². The van der Waals surface area contributed by atoms with Crippen LogP contribution in [0.3, 0.4) is 0 Å².